The molecule has 7 heteroatoms. The summed E-state index contributed by atoms with van der Waals surface area (Å²) >= 11 is 0. The van der Waals surface area contributed by atoms with Gasteiger partial charge in [0.05, 0.1) is 22.5 Å². The van der Waals surface area contributed by atoms with Crippen LogP contribution in [0.1, 0.15) is 21.6 Å². The van der Waals surface area contributed by atoms with Crippen LogP contribution in [0.2, 0.25) is 0 Å². The minimum absolute atomic E-state index is 0.0930. The molecule has 0 aliphatic carbocycles. The van der Waals surface area contributed by atoms with Gasteiger partial charge in [-0.05, 0) is 37.3 Å². The van der Waals surface area contributed by atoms with Crippen LogP contribution >= 0.6 is 0 Å². The molecule has 0 unspecified atom stereocenters. The van der Waals surface area contributed by atoms with Gasteiger partial charge in [0.25, 0.3) is 5.91 Å². The summed E-state index contributed by atoms with van der Waals surface area (Å²) in [5.41, 5.74) is 0.773. The standard InChI is InChI=1S/C16H16F3N3O/c1-10-4-5-11(9-20-10)15(23)21-13-8-12(16(17,18)19)6-7-14(13)22(2)3/h4-9H,1-3H3,(H,21,23). The second-order valence-corrected chi connectivity index (χ2v) is 5.27. The van der Waals surface area contributed by atoms with Crippen LogP contribution in [0.4, 0.5) is 24.5 Å². The van der Waals surface area contributed by atoms with Gasteiger partial charge in [-0.15, -0.1) is 0 Å². The number of nitrogens with one attached hydrogen (secondary N) is 1. The number of amides is 1. The van der Waals surface area contributed by atoms with Gasteiger partial charge in [-0.2, -0.15) is 13.2 Å². The summed E-state index contributed by atoms with van der Waals surface area (Å²) in [4.78, 5) is 17.8. The number of pyridine rings is 1. The predicted molar refractivity (Wildman–Crippen MR) is 82.7 cm³/mol. The number of aromatic nitrogens is 1. The van der Waals surface area contributed by atoms with Crippen molar-refractivity contribution >= 4 is 17.3 Å². The number of halogens is 3. The predicted octanol–water partition coefficient (Wildman–Crippen LogP) is 3.73. The van der Waals surface area contributed by atoms with E-state index in [-0.39, 0.29) is 11.3 Å². The number of carbonyl (C=O) groups is 1. The molecule has 0 spiro atoms. The number of rotatable bonds is 3. The van der Waals surface area contributed by atoms with E-state index < -0.39 is 17.6 Å². The fourth-order valence-corrected chi connectivity index (χ4v) is 2.00. The van der Waals surface area contributed by atoms with Crippen molar-refractivity contribution in [3.63, 3.8) is 0 Å². The Bertz CT molecular complexity index is 710. The molecule has 0 saturated heterocycles. The molecule has 0 saturated carbocycles. The van der Waals surface area contributed by atoms with Crippen molar-refractivity contribution in [2.24, 2.45) is 0 Å². The van der Waals surface area contributed by atoms with Gasteiger partial charge in [0, 0.05) is 26.0 Å². The Kier molecular flexibility index (Phi) is 4.58. The highest BCUT2D eigenvalue weighted by atomic mass is 19.4. The molecule has 1 heterocycles. The zero-order valence-corrected chi connectivity index (χ0v) is 12.9. The first-order valence-electron chi connectivity index (χ1n) is 6.81. The van der Waals surface area contributed by atoms with Crippen molar-refractivity contribution in [3.8, 4) is 0 Å². The quantitative estimate of drug-likeness (QED) is 0.936. The highest BCUT2D eigenvalue weighted by Crippen LogP contribution is 2.35. The molecule has 122 valence electrons. The van der Waals surface area contributed by atoms with E-state index in [9.17, 15) is 18.0 Å². The summed E-state index contributed by atoms with van der Waals surface area (Å²) in [7, 11) is 3.37. The highest BCUT2D eigenvalue weighted by Gasteiger charge is 2.31. The average molecular weight is 323 g/mol. The lowest BCUT2D eigenvalue weighted by molar-refractivity contribution is -0.137. The van der Waals surface area contributed by atoms with Crippen LogP contribution < -0.4 is 10.2 Å². The fourth-order valence-electron chi connectivity index (χ4n) is 2.00. The minimum atomic E-state index is -4.48. The van der Waals surface area contributed by atoms with Gasteiger partial charge >= 0.3 is 6.18 Å². The number of carbonyl (C=O) groups excluding carboxylic acids is 1. The Balaban J connectivity index is 2.36. The van der Waals surface area contributed by atoms with Crippen LogP contribution in [-0.2, 0) is 6.18 Å². The molecule has 0 fully saturated rings. The van der Waals surface area contributed by atoms with Crippen molar-refractivity contribution < 1.29 is 18.0 Å². The van der Waals surface area contributed by atoms with E-state index in [0.717, 1.165) is 17.8 Å². The Morgan fingerprint density at radius 3 is 2.39 bits per heavy atom. The summed E-state index contributed by atoms with van der Waals surface area (Å²) in [5.74, 6) is -0.514. The van der Waals surface area contributed by atoms with E-state index in [1.165, 1.54) is 12.3 Å². The van der Waals surface area contributed by atoms with Gasteiger partial charge in [0.15, 0.2) is 0 Å². The molecule has 0 atom stereocenters. The summed E-state index contributed by atoms with van der Waals surface area (Å²) in [6.45, 7) is 1.78. The van der Waals surface area contributed by atoms with Crippen molar-refractivity contribution in [3.05, 3.63) is 53.3 Å². The Morgan fingerprint density at radius 1 is 1.17 bits per heavy atom. The monoisotopic (exact) mass is 323 g/mol. The third-order valence-corrected chi connectivity index (χ3v) is 3.23. The van der Waals surface area contributed by atoms with Gasteiger partial charge < -0.3 is 10.2 Å². The van der Waals surface area contributed by atoms with E-state index in [1.54, 1.807) is 38.1 Å². The van der Waals surface area contributed by atoms with Crippen LogP contribution in [-0.4, -0.2) is 25.0 Å². The Hall–Kier alpha value is -2.57. The third-order valence-electron chi connectivity index (χ3n) is 3.23. The lowest BCUT2D eigenvalue weighted by Crippen LogP contribution is -2.18. The second-order valence-electron chi connectivity index (χ2n) is 5.27. The molecular weight excluding hydrogens is 307 g/mol. The van der Waals surface area contributed by atoms with Gasteiger partial charge in [0.2, 0.25) is 0 Å². The molecule has 0 aliphatic heterocycles. The van der Waals surface area contributed by atoms with E-state index in [4.69, 9.17) is 0 Å². The van der Waals surface area contributed by atoms with Crippen molar-refractivity contribution in [1.29, 1.82) is 0 Å². The molecule has 2 aromatic rings. The van der Waals surface area contributed by atoms with Crippen LogP contribution in [0.15, 0.2) is 36.5 Å². The number of hydrogen-bond donors (Lipinski definition) is 1. The highest BCUT2D eigenvalue weighted by molar-refractivity contribution is 6.05. The number of alkyl halides is 3. The van der Waals surface area contributed by atoms with Crippen LogP contribution in [0, 0.1) is 6.92 Å². The molecule has 4 nitrogen and oxygen atoms in total. The zero-order chi connectivity index (χ0) is 17.2. The Labute approximate surface area is 132 Å². The largest absolute Gasteiger partial charge is 0.416 e. The molecule has 2 rings (SSSR count). The summed E-state index contributed by atoms with van der Waals surface area (Å²) < 4.78 is 38.6. The lowest BCUT2D eigenvalue weighted by Gasteiger charge is -2.19. The van der Waals surface area contributed by atoms with E-state index in [0.29, 0.717) is 5.69 Å². The first kappa shape index (κ1) is 16.8. The maximum Gasteiger partial charge on any atom is 0.416 e. The van der Waals surface area contributed by atoms with Gasteiger partial charge in [-0.3, -0.25) is 9.78 Å². The smallest absolute Gasteiger partial charge is 0.376 e. The zero-order valence-electron chi connectivity index (χ0n) is 12.9. The van der Waals surface area contributed by atoms with Crippen molar-refractivity contribution in [2.45, 2.75) is 13.1 Å². The lowest BCUT2D eigenvalue weighted by atomic mass is 10.1. The average Bonchev–Trinajstić information content (AvgIpc) is 2.46. The molecule has 1 aromatic carbocycles. The second kappa shape index (κ2) is 6.28. The Morgan fingerprint density at radius 2 is 1.87 bits per heavy atom. The molecular formula is C16H16F3N3O. The molecule has 1 N–H and O–H groups in total. The third kappa shape index (κ3) is 4.00. The summed E-state index contributed by atoms with van der Waals surface area (Å²) in [6, 6.07) is 6.47. The number of aryl methyl sites for hydroxylation is 1. The van der Waals surface area contributed by atoms with Gasteiger partial charge in [-0.1, -0.05) is 0 Å². The van der Waals surface area contributed by atoms with Gasteiger partial charge in [0.1, 0.15) is 0 Å². The number of hydrogen-bond acceptors (Lipinski definition) is 3. The molecule has 1 amide bonds. The first-order valence-corrected chi connectivity index (χ1v) is 6.81. The fraction of sp³-hybridized carbons (Fsp3) is 0.250. The molecule has 0 bridgehead atoms. The number of benzene rings is 1. The van der Waals surface area contributed by atoms with E-state index in [1.807, 2.05) is 0 Å². The maximum absolute atomic E-state index is 12.9. The van der Waals surface area contributed by atoms with Crippen LogP contribution in [0.5, 0.6) is 0 Å². The summed E-state index contributed by atoms with van der Waals surface area (Å²) in [5, 5.41) is 2.52. The molecule has 0 aliphatic rings. The SMILES string of the molecule is Cc1ccc(C(=O)Nc2cc(C(F)(F)F)ccc2N(C)C)cn1. The first-order chi connectivity index (χ1) is 10.7. The van der Waals surface area contributed by atoms with Crippen LogP contribution in [0.3, 0.4) is 0 Å². The topological polar surface area (TPSA) is 45.2 Å². The molecule has 1 aromatic heterocycles. The molecule has 0 radical (unpaired) electrons. The normalized spacial score (nSPS) is 11.2. The minimum Gasteiger partial charge on any atom is -0.376 e. The summed E-state index contributed by atoms with van der Waals surface area (Å²) in [6.07, 6.45) is -3.09. The van der Waals surface area contributed by atoms with Gasteiger partial charge in [-0.25, -0.2) is 0 Å². The van der Waals surface area contributed by atoms with E-state index >= 15 is 0 Å². The van der Waals surface area contributed by atoms with Crippen LogP contribution in [0.25, 0.3) is 0 Å². The number of anilines is 2. The molecule has 23 heavy (non-hydrogen) atoms. The maximum atomic E-state index is 12.9. The van der Waals surface area contributed by atoms with E-state index in [2.05, 4.69) is 10.3 Å². The number of nitrogens with zero attached hydrogens (tertiary/aromatic N) is 2. The van der Waals surface area contributed by atoms with Crippen molar-refractivity contribution in [2.75, 3.05) is 24.3 Å². The van der Waals surface area contributed by atoms with Crippen molar-refractivity contribution in [1.82, 2.24) is 4.98 Å².